The number of rotatable bonds is 6. The quantitative estimate of drug-likeness (QED) is 0.431. The number of hydrogen-bond acceptors (Lipinski definition) is 6. The number of carbonyl (C=O) groups excluding carboxylic acids is 1. The third-order valence-electron chi connectivity index (χ3n) is 4.82. The highest BCUT2D eigenvalue weighted by Crippen LogP contribution is 2.34. The molecule has 0 fully saturated rings. The summed E-state index contributed by atoms with van der Waals surface area (Å²) in [6.07, 6.45) is 1.29. The maximum absolute atomic E-state index is 12.5. The van der Waals surface area contributed by atoms with Gasteiger partial charge in [0.05, 0.1) is 29.2 Å². The molecule has 0 aromatic heterocycles. The van der Waals surface area contributed by atoms with E-state index in [1.807, 2.05) is 24.3 Å². The van der Waals surface area contributed by atoms with Crippen molar-refractivity contribution in [3.05, 3.63) is 86.1 Å². The lowest BCUT2D eigenvalue weighted by molar-refractivity contribution is -0.384. The molecule has 0 aliphatic carbocycles. The molecule has 150 valence electrons. The molecule has 1 N–H and O–H groups in total. The van der Waals surface area contributed by atoms with Gasteiger partial charge in [-0.15, -0.1) is 0 Å². The van der Waals surface area contributed by atoms with Crippen molar-refractivity contribution in [2.45, 2.75) is 25.7 Å². The maximum atomic E-state index is 12.5. The molecular weight excluding hydrogens is 394 g/mol. The van der Waals surface area contributed by atoms with Gasteiger partial charge in [-0.2, -0.15) is 5.10 Å². The number of allylic oxidation sites excluding steroid dienone is 1. The first-order chi connectivity index (χ1) is 13.9. The van der Waals surface area contributed by atoms with Crippen LogP contribution in [0.2, 0.25) is 5.02 Å². The molecule has 8 heteroatoms. The average Bonchev–Trinajstić information content (AvgIpc) is 2.73. The van der Waals surface area contributed by atoms with E-state index in [1.54, 1.807) is 19.1 Å². The Labute approximate surface area is 173 Å². The van der Waals surface area contributed by atoms with E-state index in [1.165, 1.54) is 19.2 Å². The second-order valence-corrected chi connectivity index (χ2v) is 7.09. The SMILES string of the molecule is COC(=O)C1=C(C)NN=C(CCc2ccc(Cl)cc2)C1c1ccc([N+](=O)[O-])cc1. The number of benzene rings is 2. The fourth-order valence-electron chi connectivity index (χ4n) is 3.32. The first kappa shape index (κ1) is 20.5. The predicted molar refractivity (Wildman–Crippen MR) is 111 cm³/mol. The van der Waals surface area contributed by atoms with Crippen LogP contribution in [-0.4, -0.2) is 23.7 Å². The molecule has 0 radical (unpaired) electrons. The lowest BCUT2D eigenvalue weighted by Gasteiger charge is -2.27. The van der Waals surface area contributed by atoms with Gasteiger partial charge in [0.2, 0.25) is 0 Å². The van der Waals surface area contributed by atoms with E-state index >= 15 is 0 Å². The summed E-state index contributed by atoms with van der Waals surface area (Å²) in [5.41, 5.74) is 6.52. The van der Waals surface area contributed by atoms with Gasteiger partial charge in [0.25, 0.3) is 5.69 Å². The zero-order valence-corrected chi connectivity index (χ0v) is 16.8. The summed E-state index contributed by atoms with van der Waals surface area (Å²) >= 11 is 5.95. The molecule has 29 heavy (non-hydrogen) atoms. The lowest BCUT2D eigenvalue weighted by Crippen LogP contribution is -2.31. The van der Waals surface area contributed by atoms with Crippen molar-refractivity contribution >= 4 is 29.0 Å². The van der Waals surface area contributed by atoms with E-state index in [0.717, 1.165) is 16.8 Å². The van der Waals surface area contributed by atoms with Gasteiger partial charge in [0, 0.05) is 22.9 Å². The Hall–Kier alpha value is -3.19. The molecule has 1 aliphatic heterocycles. The van der Waals surface area contributed by atoms with Crippen LogP contribution in [-0.2, 0) is 16.0 Å². The Morgan fingerprint density at radius 1 is 1.17 bits per heavy atom. The van der Waals surface area contributed by atoms with E-state index in [2.05, 4.69) is 10.5 Å². The van der Waals surface area contributed by atoms with Gasteiger partial charge in [0.1, 0.15) is 0 Å². The number of halogens is 1. The highest BCUT2D eigenvalue weighted by Gasteiger charge is 2.33. The normalized spacial score (nSPS) is 16.1. The zero-order valence-electron chi connectivity index (χ0n) is 16.0. The van der Waals surface area contributed by atoms with Crippen molar-refractivity contribution in [3.8, 4) is 0 Å². The Balaban J connectivity index is 1.93. The van der Waals surface area contributed by atoms with Crippen LogP contribution in [0.15, 0.2) is 64.9 Å². The van der Waals surface area contributed by atoms with E-state index < -0.39 is 16.8 Å². The molecule has 2 aromatic carbocycles. The first-order valence-corrected chi connectivity index (χ1v) is 9.39. The Morgan fingerprint density at radius 2 is 1.83 bits per heavy atom. The number of hydrogen-bond donors (Lipinski definition) is 1. The van der Waals surface area contributed by atoms with E-state index in [-0.39, 0.29) is 5.69 Å². The Bertz CT molecular complexity index is 982. The Kier molecular flexibility index (Phi) is 6.29. The van der Waals surface area contributed by atoms with Crippen LogP contribution in [0.4, 0.5) is 5.69 Å². The number of nitro benzene ring substituents is 1. The van der Waals surface area contributed by atoms with E-state index in [4.69, 9.17) is 16.3 Å². The maximum Gasteiger partial charge on any atom is 0.336 e. The topological polar surface area (TPSA) is 93.8 Å². The first-order valence-electron chi connectivity index (χ1n) is 9.01. The van der Waals surface area contributed by atoms with Gasteiger partial charge >= 0.3 is 5.97 Å². The molecule has 3 rings (SSSR count). The number of nitrogens with zero attached hydrogens (tertiary/aromatic N) is 2. The molecule has 2 aromatic rings. The van der Waals surface area contributed by atoms with Crippen LogP contribution < -0.4 is 5.43 Å². The fourth-order valence-corrected chi connectivity index (χ4v) is 3.44. The summed E-state index contributed by atoms with van der Waals surface area (Å²) < 4.78 is 4.98. The number of aryl methyl sites for hydroxylation is 1. The number of ether oxygens (including phenoxy) is 1. The number of nitro groups is 1. The van der Waals surface area contributed by atoms with Crippen LogP contribution in [0.25, 0.3) is 0 Å². The molecule has 1 atom stereocenters. The smallest absolute Gasteiger partial charge is 0.336 e. The fraction of sp³-hybridized carbons (Fsp3) is 0.238. The number of esters is 1. The van der Waals surface area contributed by atoms with E-state index in [9.17, 15) is 14.9 Å². The molecule has 7 nitrogen and oxygen atoms in total. The van der Waals surface area contributed by atoms with Crippen LogP contribution in [0, 0.1) is 10.1 Å². The van der Waals surface area contributed by atoms with Crippen molar-refractivity contribution in [2.24, 2.45) is 5.10 Å². The minimum Gasteiger partial charge on any atom is -0.466 e. The molecule has 1 aliphatic rings. The van der Waals surface area contributed by atoms with Gasteiger partial charge in [0.15, 0.2) is 0 Å². The van der Waals surface area contributed by atoms with Gasteiger partial charge in [-0.05, 0) is 43.0 Å². The second kappa shape index (κ2) is 8.87. The third-order valence-corrected chi connectivity index (χ3v) is 5.07. The van der Waals surface area contributed by atoms with Crippen molar-refractivity contribution in [2.75, 3.05) is 7.11 Å². The van der Waals surface area contributed by atoms with Crippen LogP contribution >= 0.6 is 11.6 Å². The van der Waals surface area contributed by atoms with Gasteiger partial charge in [-0.1, -0.05) is 35.9 Å². The summed E-state index contributed by atoms with van der Waals surface area (Å²) in [5.74, 6) is -0.908. The third kappa shape index (κ3) is 4.63. The molecular formula is C21H20ClN3O4. The monoisotopic (exact) mass is 413 g/mol. The second-order valence-electron chi connectivity index (χ2n) is 6.65. The lowest BCUT2D eigenvalue weighted by atomic mass is 9.82. The standard InChI is InChI=1S/C21H20ClN3O4/c1-13-19(21(26)29-2)20(15-6-10-17(11-7-15)25(27)28)18(24-23-13)12-5-14-3-8-16(22)9-4-14/h3-4,6-11,20,23H,5,12H2,1-2H3. The van der Waals surface area contributed by atoms with E-state index in [0.29, 0.717) is 29.1 Å². The van der Waals surface area contributed by atoms with Crippen LogP contribution in [0.3, 0.4) is 0 Å². The Morgan fingerprint density at radius 3 is 2.41 bits per heavy atom. The largest absolute Gasteiger partial charge is 0.466 e. The van der Waals surface area contributed by atoms with Gasteiger partial charge in [-0.25, -0.2) is 4.79 Å². The van der Waals surface area contributed by atoms with Crippen molar-refractivity contribution in [3.63, 3.8) is 0 Å². The highest BCUT2D eigenvalue weighted by molar-refractivity contribution is 6.30. The van der Waals surface area contributed by atoms with Gasteiger partial charge in [-0.3, -0.25) is 15.5 Å². The number of carbonyl (C=O) groups is 1. The molecule has 1 unspecified atom stereocenters. The summed E-state index contributed by atoms with van der Waals surface area (Å²) in [6.45, 7) is 1.75. The highest BCUT2D eigenvalue weighted by atomic mass is 35.5. The molecule has 1 heterocycles. The molecule has 0 bridgehead atoms. The summed E-state index contributed by atoms with van der Waals surface area (Å²) in [4.78, 5) is 23.0. The molecule has 0 saturated heterocycles. The number of hydrazone groups is 1. The van der Waals surface area contributed by atoms with Crippen molar-refractivity contribution < 1.29 is 14.5 Å². The van der Waals surface area contributed by atoms with Crippen LogP contribution in [0.1, 0.15) is 30.4 Å². The zero-order chi connectivity index (χ0) is 21.0. The number of methoxy groups -OCH3 is 1. The molecule has 0 spiro atoms. The minimum absolute atomic E-state index is 0.0114. The van der Waals surface area contributed by atoms with Crippen molar-refractivity contribution in [1.29, 1.82) is 0 Å². The predicted octanol–water partition coefficient (Wildman–Crippen LogP) is 4.37. The minimum atomic E-state index is -0.461. The summed E-state index contributed by atoms with van der Waals surface area (Å²) in [7, 11) is 1.33. The molecule has 0 saturated carbocycles. The molecule has 0 amide bonds. The summed E-state index contributed by atoms with van der Waals surface area (Å²) in [6, 6.07) is 13.7. The summed E-state index contributed by atoms with van der Waals surface area (Å²) in [5, 5.41) is 16.1. The average molecular weight is 414 g/mol. The number of non-ortho nitro benzene ring substituents is 1. The van der Waals surface area contributed by atoms with Gasteiger partial charge < -0.3 is 4.74 Å². The van der Waals surface area contributed by atoms with Crippen molar-refractivity contribution in [1.82, 2.24) is 5.43 Å². The number of nitrogens with one attached hydrogen (secondary N) is 1. The van der Waals surface area contributed by atoms with Crippen LogP contribution in [0.5, 0.6) is 0 Å².